The highest BCUT2D eigenvalue weighted by Gasteiger charge is 2.03. The van der Waals surface area contributed by atoms with Crippen molar-refractivity contribution in [2.24, 2.45) is 0 Å². The molecular formula is C11H20N4O. The van der Waals surface area contributed by atoms with Gasteiger partial charge in [0.2, 0.25) is 0 Å². The maximum atomic E-state index is 5.04. The minimum atomic E-state index is 0.431. The number of methoxy groups -OCH3 is 1. The second-order valence-electron chi connectivity index (χ2n) is 3.44. The van der Waals surface area contributed by atoms with Gasteiger partial charge in [-0.05, 0) is 13.3 Å². The van der Waals surface area contributed by atoms with Crippen LogP contribution in [0.4, 0.5) is 11.6 Å². The van der Waals surface area contributed by atoms with Crippen LogP contribution in [-0.2, 0) is 11.3 Å². The minimum absolute atomic E-state index is 0.431. The number of aromatic nitrogens is 2. The predicted octanol–water partition coefficient (Wildman–Crippen LogP) is 1.88. The van der Waals surface area contributed by atoms with E-state index in [0.29, 0.717) is 12.4 Å². The van der Waals surface area contributed by atoms with Gasteiger partial charge in [0.15, 0.2) is 5.82 Å². The van der Waals surface area contributed by atoms with Gasteiger partial charge in [-0.25, -0.2) is 9.97 Å². The van der Waals surface area contributed by atoms with Crippen LogP contribution in [0.2, 0.25) is 0 Å². The van der Waals surface area contributed by atoms with Crippen molar-refractivity contribution in [2.45, 2.75) is 26.9 Å². The van der Waals surface area contributed by atoms with Crippen molar-refractivity contribution in [3.8, 4) is 0 Å². The van der Waals surface area contributed by atoms with Crippen molar-refractivity contribution in [3.63, 3.8) is 0 Å². The zero-order valence-corrected chi connectivity index (χ0v) is 10.2. The Labute approximate surface area is 96.6 Å². The van der Waals surface area contributed by atoms with E-state index in [2.05, 4.69) is 27.5 Å². The normalized spacial score (nSPS) is 10.2. The van der Waals surface area contributed by atoms with Crippen molar-refractivity contribution >= 4 is 11.6 Å². The van der Waals surface area contributed by atoms with E-state index in [0.717, 1.165) is 31.1 Å². The standard InChI is InChI=1S/C11H20N4O/c1-4-6-13-10-7-9(12-5-2)14-11(15-10)8-16-3/h7H,4-6,8H2,1-3H3,(H2,12,13,14,15). The second kappa shape index (κ2) is 7.00. The van der Waals surface area contributed by atoms with E-state index in [4.69, 9.17) is 4.74 Å². The first-order chi connectivity index (χ1) is 7.80. The first kappa shape index (κ1) is 12.7. The summed E-state index contributed by atoms with van der Waals surface area (Å²) in [4.78, 5) is 8.69. The van der Waals surface area contributed by atoms with Crippen LogP contribution in [0.1, 0.15) is 26.1 Å². The molecule has 16 heavy (non-hydrogen) atoms. The van der Waals surface area contributed by atoms with Crippen LogP contribution in [-0.4, -0.2) is 30.2 Å². The highest BCUT2D eigenvalue weighted by molar-refractivity contribution is 5.47. The molecule has 0 fully saturated rings. The summed E-state index contributed by atoms with van der Waals surface area (Å²) in [5.74, 6) is 2.38. The van der Waals surface area contributed by atoms with E-state index in [9.17, 15) is 0 Å². The average molecular weight is 224 g/mol. The van der Waals surface area contributed by atoms with Crippen LogP contribution < -0.4 is 10.6 Å². The summed E-state index contributed by atoms with van der Waals surface area (Å²) in [7, 11) is 1.64. The second-order valence-corrected chi connectivity index (χ2v) is 3.44. The van der Waals surface area contributed by atoms with E-state index >= 15 is 0 Å². The first-order valence-corrected chi connectivity index (χ1v) is 5.64. The number of ether oxygens (including phenoxy) is 1. The fourth-order valence-corrected chi connectivity index (χ4v) is 1.31. The lowest BCUT2D eigenvalue weighted by Crippen LogP contribution is -2.09. The Balaban J connectivity index is 2.80. The molecule has 0 unspecified atom stereocenters. The van der Waals surface area contributed by atoms with Gasteiger partial charge in [-0.3, -0.25) is 0 Å². The Kier molecular flexibility index (Phi) is 5.56. The highest BCUT2D eigenvalue weighted by atomic mass is 16.5. The van der Waals surface area contributed by atoms with Gasteiger partial charge >= 0.3 is 0 Å². The molecule has 0 atom stereocenters. The van der Waals surface area contributed by atoms with E-state index in [1.165, 1.54) is 0 Å². The summed E-state index contributed by atoms with van der Waals surface area (Å²) >= 11 is 0. The van der Waals surface area contributed by atoms with Gasteiger partial charge in [0, 0.05) is 26.3 Å². The fourth-order valence-electron chi connectivity index (χ4n) is 1.31. The largest absolute Gasteiger partial charge is 0.377 e. The molecule has 0 amide bonds. The average Bonchev–Trinajstić information content (AvgIpc) is 2.27. The maximum Gasteiger partial charge on any atom is 0.158 e. The quantitative estimate of drug-likeness (QED) is 0.740. The third-order valence-corrected chi connectivity index (χ3v) is 1.96. The van der Waals surface area contributed by atoms with Crippen LogP contribution >= 0.6 is 0 Å². The summed E-state index contributed by atoms with van der Waals surface area (Å²) in [6.07, 6.45) is 1.07. The number of nitrogens with zero attached hydrogens (tertiary/aromatic N) is 2. The molecule has 2 N–H and O–H groups in total. The zero-order chi connectivity index (χ0) is 11.8. The Hall–Kier alpha value is -1.36. The molecule has 0 aromatic carbocycles. The topological polar surface area (TPSA) is 59.1 Å². The lowest BCUT2D eigenvalue weighted by molar-refractivity contribution is 0.178. The molecule has 0 aliphatic heterocycles. The van der Waals surface area contributed by atoms with Gasteiger partial charge in [0.05, 0.1) is 0 Å². The number of hydrogen-bond acceptors (Lipinski definition) is 5. The van der Waals surface area contributed by atoms with Crippen molar-refractivity contribution in [1.82, 2.24) is 9.97 Å². The van der Waals surface area contributed by atoms with Crippen molar-refractivity contribution < 1.29 is 4.74 Å². The van der Waals surface area contributed by atoms with Gasteiger partial charge in [0.1, 0.15) is 18.2 Å². The molecule has 0 radical (unpaired) electrons. The molecule has 0 aliphatic rings. The molecule has 0 saturated carbocycles. The molecule has 0 saturated heterocycles. The van der Waals surface area contributed by atoms with Gasteiger partial charge in [-0.2, -0.15) is 0 Å². The van der Waals surface area contributed by atoms with Gasteiger partial charge < -0.3 is 15.4 Å². The molecular weight excluding hydrogens is 204 g/mol. The number of nitrogens with one attached hydrogen (secondary N) is 2. The monoisotopic (exact) mass is 224 g/mol. The third kappa shape index (κ3) is 4.02. The zero-order valence-electron chi connectivity index (χ0n) is 10.2. The van der Waals surface area contributed by atoms with Crippen molar-refractivity contribution in [2.75, 3.05) is 30.8 Å². The fraction of sp³-hybridized carbons (Fsp3) is 0.636. The van der Waals surface area contributed by atoms with Crippen LogP contribution in [0, 0.1) is 0 Å². The van der Waals surface area contributed by atoms with Crippen LogP contribution in [0.25, 0.3) is 0 Å². The summed E-state index contributed by atoms with van der Waals surface area (Å²) in [6, 6.07) is 1.92. The number of hydrogen-bond donors (Lipinski definition) is 2. The van der Waals surface area contributed by atoms with Gasteiger partial charge in [0.25, 0.3) is 0 Å². The molecule has 5 heteroatoms. The third-order valence-electron chi connectivity index (χ3n) is 1.96. The van der Waals surface area contributed by atoms with E-state index in [-0.39, 0.29) is 0 Å². The molecule has 90 valence electrons. The van der Waals surface area contributed by atoms with Crippen LogP contribution in [0.3, 0.4) is 0 Å². The van der Waals surface area contributed by atoms with Crippen molar-refractivity contribution in [1.29, 1.82) is 0 Å². The van der Waals surface area contributed by atoms with Gasteiger partial charge in [-0.1, -0.05) is 6.92 Å². The van der Waals surface area contributed by atoms with Crippen LogP contribution in [0.5, 0.6) is 0 Å². The Morgan fingerprint density at radius 2 is 1.88 bits per heavy atom. The predicted molar refractivity (Wildman–Crippen MR) is 65.7 cm³/mol. The molecule has 0 spiro atoms. The summed E-state index contributed by atoms with van der Waals surface area (Å²) in [5.41, 5.74) is 0. The molecule has 0 bridgehead atoms. The van der Waals surface area contributed by atoms with E-state index in [1.807, 2.05) is 13.0 Å². The summed E-state index contributed by atoms with van der Waals surface area (Å²) in [5, 5.41) is 6.42. The van der Waals surface area contributed by atoms with Gasteiger partial charge in [-0.15, -0.1) is 0 Å². The van der Waals surface area contributed by atoms with Crippen molar-refractivity contribution in [3.05, 3.63) is 11.9 Å². The highest BCUT2D eigenvalue weighted by Crippen LogP contribution is 2.11. The summed E-state index contributed by atoms with van der Waals surface area (Å²) in [6.45, 7) is 6.35. The Morgan fingerprint density at radius 3 is 2.44 bits per heavy atom. The van der Waals surface area contributed by atoms with E-state index < -0.39 is 0 Å². The maximum absolute atomic E-state index is 5.04. The van der Waals surface area contributed by atoms with E-state index in [1.54, 1.807) is 7.11 Å². The molecule has 0 aliphatic carbocycles. The lowest BCUT2D eigenvalue weighted by Gasteiger charge is -2.09. The lowest BCUT2D eigenvalue weighted by atomic mass is 10.4. The molecule has 1 aromatic heterocycles. The molecule has 1 heterocycles. The SMILES string of the molecule is CCCNc1cc(NCC)nc(COC)n1. The summed E-state index contributed by atoms with van der Waals surface area (Å²) < 4.78 is 5.04. The Morgan fingerprint density at radius 1 is 1.19 bits per heavy atom. The smallest absolute Gasteiger partial charge is 0.158 e. The first-order valence-electron chi connectivity index (χ1n) is 5.64. The van der Waals surface area contributed by atoms with Crippen LogP contribution in [0.15, 0.2) is 6.07 Å². The number of anilines is 2. The number of rotatable bonds is 7. The minimum Gasteiger partial charge on any atom is -0.377 e. The molecule has 1 aromatic rings. The molecule has 5 nitrogen and oxygen atoms in total. The Bertz CT molecular complexity index is 293. The molecule has 1 rings (SSSR count).